The highest BCUT2D eigenvalue weighted by Gasteiger charge is 2.28. The minimum absolute atomic E-state index is 0.101. The van der Waals surface area contributed by atoms with Crippen LogP contribution < -0.4 is 0 Å². The summed E-state index contributed by atoms with van der Waals surface area (Å²) in [7, 11) is 0. The second-order valence-electron chi connectivity index (χ2n) is 4.08. The molecule has 1 aromatic heterocycles. The lowest BCUT2D eigenvalue weighted by Gasteiger charge is -2.22. The molecule has 1 aliphatic carbocycles. The summed E-state index contributed by atoms with van der Waals surface area (Å²) in [5, 5.41) is 19.8. The summed E-state index contributed by atoms with van der Waals surface area (Å²) in [5.41, 5.74) is 2.03. The van der Waals surface area contributed by atoms with E-state index < -0.39 is 0 Å². The molecule has 0 N–H and O–H groups in total. The first kappa shape index (κ1) is 10.3. The van der Waals surface area contributed by atoms with Crippen molar-refractivity contribution in [2.45, 2.75) is 31.9 Å². The zero-order chi connectivity index (χ0) is 10.8. The number of nitriles is 2. The van der Waals surface area contributed by atoms with Gasteiger partial charge in [-0.05, 0) is 24.2 Å². The molecule has 0 fully saturated rings. The minimum atomic E-state index is 0.101. The molecule has 1 heterocycles. The van der Waals surface area contributed by atoms with Crippen LogP contribution in [-0.4, -0.2) is 6.71 Å². The van der Waals surface area contributed by atoms with Crippen LogP contribution in [-0.2, 0) is 12.8 Å². The normalized spacial score (nSPS) is 18.7. The van der Waals surface area contributed by atoms with Gasteiger partial charge in [-0.1, -0.05) is 13.2 Å². The summed E-state index contributed by atoms with van der Waals surface area (Å²) >= 11 is 1.69. The lowest BCUT2D eigenvalue weighted by molar-refractivity contribution is 0.683. The van der Waals surface area contributed by atoms with Crippen LogP contribution in [0.5, 0.6) is 0 Å². The second-order valence-corrected chi connectivity index (χ2v) is 5.05. The summed E-state index contributed by atoms with van der Waals surface area (Å²) in [5.74, 6) is 2.75. The molecule has 4 heteroatoms. The van der Waals surface area contributed by atoms with Crippen LogP contribution >= 0.6 is 11.3 Å². The highest BCUT2D eigenvalue weighted by molar-refractivity contribution is 7.10. The highest BCUT2D eigenvalue weighted by atomic mass is 32.1. The smallest absolute Gasteiger partial charge is 0.213 e. The third-order valence-electron chi connectivity index (χ3n) is 3.22. The SMILES string of the molecule is CB(C#N)C1CCc2scc(C#N)c2C1. The van der Waals surface area contributed by atoms with Gasteiger partial charge in [-0.15, -0.1) is 11.3 Å². The fourth-order valence-electron chi connectivity index (χ4n) is 2.16. The quantitative estimate of drug-likeness (QED) is 0.674. The molecule has 1 aliphatic rings. The Balaban J connectivity index is 2.26. The molecule has 0 radical (unpaired) electrons. The van der Waals surface area contributed by atoms with Gasteiger partial charge in [0, 0.05) is 16.2 Å². The molecule has 0 amide bonds. The molecular weight excluding hydrogens is 203 g/mol. The predicted molar refractivity (Wildman–Crippen MR) is 62.0 cm³/mol. The summed E-state index contributed by atoms with van der Waals surface area (Å²) in [6.07, 6.45) is 3.04. The van der Waals surface area contributed by atoms with Crippen molar-refractivity contribution in [1.29, 1.82) is 10.5 Å². The van der Waals surface area contributed by atoms with Crippen LogP contribution in [0.25, 0.3) is 0 Å². The van der Waals surface area contributed by atoms with Gasteiger partial charge >= 0.3 is 0 Å². The molecule has 0 saturated heterocycles. The highest BCUT2D eigenvalue weighted by Crippen LogP contribution is 2.36. The lowest BCUT2D eigenvalue weighted by atomic mass is 9.41. The van der Waals surface area contributed by atoms with E-state index in [9.17, 15) is 0 Å². The number of fused-ring (bicyclic) bond motifs is 1. The van der Waals surface area contributed by atoms with Crippen molar-refractivity contribution in [3.8, 4) is 12.0 Å². The van der Waals surface area contributed by atoms with Gasteiger partial charge in [-0.2, -0.15) is 5.26 Å². The molecular formula is C11H11BN2S. The molecule has 2 rings (SSSR count). The Labute approximate surface area is 94.2 Å². The van der Waals surface area contributed by atoms with E-state index in [1.54, 1.807) is 11.3 Å². The zero-order valence-corrected chi connectivity index (χ0v) is 9.47. The largest absolute Gasteiger partial charge is 0.268 e. The summed E-state index contributed by atoms with van der Waals surface area (Å²) in [6, 6.07) is 2.24. The molecule has 1 aromatic rings. The maximum absolute atomic E-state index is 8.96. The fraction of sp³-hybridized carbons (Fsp3) is 0.455. The van der Waals surface area contributed by atoms with Gasteiger partial charge in [-0.25, -0.2) is 5.26 Å². The van der Waals surface area contributed by atoms with E-state index in [-0.39, 0.29) is 6.71 Å². The van der Waals surface area contributed by atoms with Crippen LogP contribution in [0.4, 0.5) is 0 Å². The lowest BCUT2D eigenvalue weighted by Crippen LogP contribution is -2.21. The van der Waals surface area contributed by atoms with Gasteiger partial charge in [0.15, 0.2) is 0 Å². The van der Waals surface area contributed by atoms with Crippen molar-refractivity contribution in [2.75, 3.05) is 0 Å². The van der Waals surface area contributed by atoms with Crippen LogP contribution in [0.3, 0.4) is 0 Å². The molecule has 0 spiro atoms. The Morgan fingerprint density at radius 2 is 2.33 bits per heavy atom. The van der Waals surface area contributed by atoms with Crippen molar-refractivity contribution in [3.05, 3.63) is 21.4 Å². The van der Waals surface area contributed by atoms with E-state index in [2.05, 4.69) is 12.0 Å². The van der Waals surface area contributed by atoms with Gasteiger partial charge in [0.05, 0.1) is 5.56 Å². The minimum Gasteiger partial charge on any atom is -0.213 e. The molecule has 15 heavy (non-hydrogen) atoms. The van der Waals surface area contributed by atoms with Crippen molar-refractivity contribution < 1.29 is 0 Å². The number of rotatable bonds is 1. The number of hydrogen-bond acceptors (Lipinski definition) is 3. The molecule has 1 atom stereocenters. The third-order valence-corrected chi connectivity index (χ3v) is 4.31. The zero-order valence-electron chi connectivity index (χ0n) is 8.66. The Morgan fingerprint density at radius 1 is 1.53 bits per heavy atom. The first-order valence-corrected chi connectivity index (χ1v) is 6.03. The van der Waals surface area contributed by atoms with Gasteiger partial charge in [-0.3, -0.25) is 0 Å². The van der Waals surface area contributed by atoms with Crippen LogP contribution in [0, 0.1) is 22.6 Å². The van der Waals surface area contributed by atoms with Crippen LogP contribution in [0.1, 0.15) is 22.4 Å². The van der Waals surface area contributed by atoms with Gasteiger partial charge in [0.1, 0.15) is 6.07 Å². The monoisotopic (exact) mass is 214 g/mol. The van der Waals surface area contributed by atoms with Crippen molar-refractivity contribution in [2.24, 2.45) is 0 Å². The summed E-state index contributed by atoms with van der Waals surface area (Å²) in [6.45, 7) is 2.08. The van der Waals surface area contributed by atoms with Gasteiger partial charge in [0.25, 0.3) is 6.71 Å². The van der Waals surface area contributed by atoms with E-state index in [4.69, 9.17) is 10.5 Å². The number of nitrogens with zero attached hydrogens (tertiary/aromatic N) is 2. The molecule has 0 aromatic carbocycles. The molecule has 0 saturated carbocycles. The average molecular weight is 214 g/mol. The van der Waals surface area contributed by atoms with Crippen molar-refractivity contribution in [1.82, 2.24) is 0 Å². The average Bonchev–Trinajstić information content (AvgIpc) is 2.69. The first-order chi connectivity index (χ1) is 7.26. The molecule has 2 nitrogen and oxygen atoms in total. The van der Waals surface area contributed by atoms with Crippen LogP contribution in [0.15, 0.2) is 5.38 Å². The Bertz CT molecular complexity index is 452. The van der Waals surface area contributed by atoms with E-state index >= 15 is 0 Å². The second kappa shape index (κ2) is 4.09. The Hall–Kier alpha value is -1.26. The summed E-state index contributed by atoms with van der Waals surface area (Å²) < 4.78 is 0. The standard InChI is InChI=1S/C11H11BN2S/c1-12(7-14)9-2-3-11-10(4-9)8(5-13)6-15-11/h6,9H,2-4H2,1H3. The fourth-order valence-corrected chi connectivity index (χ4v) is 3.19. The Kier molecular flexibility index (Phi) is 2.80. The van der Waals surface area contributed by atoms with Crippen LogP contribution in [0.2, 0.25) is 12.6 Å². The molecule has 0 bridgehead atoms. The summed E-state index contributed by atoms with van der Waals surface area (Å²) in [4.78, 5) is 1.35. The maximum atomic E-state index is 8.96. The Morgan fingerprint density at radius 3 is 3.00 bits per heavy atom. The number of thiophene rings is 1. The first-order valence-electron chi connectivity index (χ1n) is 5.15. The van der Waals surface area contributed by atoms with Gasteiger partial charge in [0.2, 0.25) is 0 Å². The molecule has 0 aliphatic heterocycles. The molecule has 1 unspecified atom stereocenters. The number of aryl methyl sites for hydroxylation is 1. The predicted octanol–water partition coefficient (Wildman–Crippen LogP) is 2.67. The maximum Gasteiger partial charge on any atom is 0.268 e. The van der Waals surface area contributed by atoms with E-state index in [1.165, 1.54) is 10.4 Å². The third kappa shape index (κ3) is 1.78. The molecule has 74 valence electrons. The van der Waals surface area contributed by atoms with Crippen molar-refractivity contribution in [3.63, 3.8) is 0 Å². The topological polar surface area (TPSA) is 47.6 Å². The van der Waals surface area contributed by atoms with E-state index in [0.29, 0.717) is 5.82 Å². The van der Waals surface area contributed by atoms with E-state index in [1.807, 2.05) is 12.2 Å². The van der Waals surface area contributed by atoms with Gasteiger partial charge < -0.3 is 0 Å². The van der Waals surface area contributed by atoms with Crippen molar-refractivity contribution >= 4 is 18.0 Å². The number of hydrogen-bond donors (Lipinski definition) is 0. The van der Waals surface area contributed by atoms with E-state index in [0.717, 1.165) is 24.8 Å².